The molecule has 0 saturated heterocycles. The van der Waals surface area contributed by atoms with Crippen LogP contribution in [0.4, 0.5) is 8.78 Å². The lowest BCUT2D eigenvalue weighted by molar-refractivity contribution is -0.141. The van der Waals surface area contributed by atoms with E-state index in [1.54, 1.807) is 0 Å². The van der Waals surface area contributed by atoms with Crippen LogP contribution in [0.3, 0.4) is 0 Å². The number of carboxylic acids is 1. The van der Waals surface area contributed by atoms with Crippen LogP contribution in [0.25, 0.3) is 0 Å². The molecule has 0 spiro atoms. The highest BCUT2D eigenvalue weighted by atomic mass is 19.2. The van der Waals surface area contributed by atoms with Crippen LogP contribution in [0, 0.1) is 23.5 Å². The smallest absolute Gasteiger partial charge is 0.307 e. The number of carbonyl (C=O) groups excluding carboxylic acids is 1. The zero-order valence-electron chi connectivity index (χ0n) is 10.3. The summed E-state index contributed by atoms with van der Waals surface area (Å²) in [5.41, 5.74) is 0.460. The summed E-state index contributed by atoms with van der Waals surface area (Å²) in [6, 6.07) is 3.42. The first-order chi connectivity index (χ1) is 8.90. The summed E-state index contributed by atoms with van der Waals surface area (Å²) >= 11 is 0. The van der Waals surface area contributed by atoms with E-state index in [0.717, 1.165) is 12.1 Å². The highest BCUT2D eigenvalue weighted by Gasteiger charge is 2.49. The molecule has 1 aliphatic rings. The van der Waals surface area contributed by atoms with Gasteiger partial charge in [0.1, 0.15) is 0 Å². The summed E-state index contributed by atoms with van der Waals surface area (Å²) in [6.45, 7) is 0.124. The lowest BCUT2D eigenvalue weighted by Crippen LogP contribution is -2.28. The van der Waals surface area contributed by atoms with E-state index in [4.69, 9.17) is 5.11 Å². The van der Waals surface area contributed by atoms with Crippen LogP contribution in [0.2, 0.25) is 0 Å². The van der Waals surface area contributed by atoms with Gasteiger partial charge in [0.15, 0.2) is 11.6 Å². The van der Waals surface area contributed by atoms with Gasteiger partial charge in [0.2, 0.25) is 5.91 Å². The number of carbonyl (C=O) groups is 2. The normalized spacial score (nSPS) is 21.0. The molecule has 1 N–H and O–H groups in total. The standard InChI is InChI=1S/C13H13F2NO3/c1-16(12(17)8-5-9(8)13(18)19)6-7-2-3-10(14)11(15)4-7/h2-4,8-9H,5-6H2,1H3,(H,18,19). The van der Waals surface area contributed by atoms with Crippen LogP contribution in [0.15, 0.2) is 18.2 Å². The monoisotopic (exact) mass is 269 g/mol. The molecule has 4 nitrogen and oxygen atoms in total. The molecule has 1 fully saturated rings. The number of benzene rings is 1. The average Bonchev–Trinajstić information content (AvgIpc) is 3.13. The van der Waals surface area contributed by atoms with Gasteiger partial charge in [0, 0.05) is 13.6 Å². The Labute approximate surface area is 108 Å². The van der Waals surface area contributed by atoms with Gasteiger partial charge in [-0.15, -0.1) is 0 Å². The van der Waals surface area contributed by atoms with Crippen molar-refractivity contribution in [3.05, 3.63) is 35.4 Å². The highest BCUT2D eigenvalue weighted by molar-refractivity contribution is 5.89. The number of hydrogen-bond donors (Lipinski definition) is 1. The van der Waals surface area contributed by atoms with Crippen molar-refractivity contribution in [1.82, 2.24) is 4.90 Å². The Kier molecular flexibility index (Phi) is 3.50. The number of rotatable bonds is 4. The molecule has 0 radical (unpaired) electrons. The fraction of sp³-hybridized carbons (Fsp3) is 0.385. The van der Waals surface area contributed by atoms with Crippen molar-refractivity contribution in [3.63, 3.8) is 0 Å². The predicted molar refractivity (Wildman–Crippen MR) is 62.1 cm³/mol. The topological polar surface area (TPSA) is 57.6 Å². The van der Waals surface area contributed by atoms with Crippen LogP contribution in [0.1, 0.15) is 12.0 Å². The number of halogens is 2. The second-order valence-corrected chi connectivity index (χ2v) is 4.73. The summed E-state index contributed by atoms with van der Waals surface area (Å²) in [6.07, 6.45) is 0.344. The highest BCUT2D eigenvalue weighted by Crippen LogP contribution is 2.40. The van der Waals surface area contributed by atoms with Crippen molar-refractivity contribution in [2.75, 3.05) is 7.05 Å². The maximum Gasteiger partial charge on any atom is 0.307 e. The molecular formula is C13H13F2NO3. The van der Waals surface area contributed by atoms with Crippen LogP contribution < -0.4 is 0 Å². The molecular weight excluding hydrogens is 256 g/mol. The summed E-state index contributed by atoms with van der Waals surface area (Å²) in [4.78, 5) is 23.9. The number of carboxylic acid groups (broad SMARTS) is 1. The molecule has 2 atom stereocenters. The molecule has 6 heteroatoms. The van der Waals surface area contributed by atoms with Crippen molar-refractivity contribution in [3.8, 4) is 0 Å². The summed E-state index contributed by atoms with van der Waals surface area (Å²) in [5.74, 6) is -4.26. The van der Waals surface area contributed by atoms with Crippen molar-refractivity contribution >= 4 is 11.9 Å². The predicted octanol–water partition coefficient (Wildman–Crippen LogP) is 1.64. The quantitative estimate of drug-likeness (QED) is 0.904. The molecule has 1 saturated carbocycles. The molecule has 0 aliphatic heterocycles. The maximum absolute atomic E-state index is 13.0. The van der Waals surface area contributed by atoms with Gasteiger partial charge in [-0.2, -0.15) is 0 Å². The van der Waals surface area contributed by atoms with Crippen LogP contribution in [0.5, 0.6) is 0 Å². The van der Waals surface area contributed by atoms with E-state index in [9.17, 15) is 18.4 Å². The Morgan fingerprint density at radius 1 is 1.32 bits per heavy atom. The first-order valence-electron chi connectivity index (χ1n) is 5.82. The fourth-order valence-electron chi connectivity index (χ4n) is 2.01. The lowest BCUT2D eigenvalue weighted by atomic mass is 10.2. The number of amides is 1. The zero-order valence-corrected chi connectivity index (χ0v) is 10.3. The molecule has 1 aromatic carbocycles. The molecule has 0 heterocycles. The second kappa shape index (κ2) is 4.95. The minimum Gasteiger partial charge on any atom is -0.481 e. The van der Waals surface area contributed by atoms with E-state index in [1.807, 2.05) is 0 Å². The molecule has 0 bridgehead atoms. The van der Waals surface area contributed by atoms with E-state index in [2.05, 4.69) is 0 Å². The Morgan fingerprint density at radius 2 is 2.00 bits per heavy atom. The van der Waals surface area contributed by atoms with Gasteiger partial charge in [-0.3, -0.25) is 9.59 Å². The number of hydrogen-bond acceptors (Lipinski definition) is 2. The first-order valence-corrected chi connectivity index (χ1v) is 5.82. The van der Waals surface area contributed by atoms with Crippen molar-refractivity contribution in [1.29, 1.82) is 0 Å². The van der Waals surface area contributed by atoms with Gasteiger partial charge in [-0.05, 0) is 24.1 Å². The molecule has 1 amide bonds. The van der Waals surface area contributed by atoms with Crippen molar-refractivity contribution in [2.45, 2.75) is 13.0 Å². The molecule has 1 aliphatic carbocycles. The number of aliphatic carboxylic acids is 1. The molecule has 2 rings (SSSR count). The second-order valence-electron chi connectivity index (χ2n) is 4.73. The van der Waals surface area contributed by atoms with E-state index in [1.165, 1.54) is 18.0 Å². The lowest BCUT2D eigenvalue weighted by Gasteiger charge is -2.17. The van der Waals surface area contributed by atoms with Crippen molar-refractivity contribution in [2.24, 2.45) is 11.8 Å². The third-order valence-electron chi connectivity index (χ3n) is 3.20. The third kappa shape index (κ3) is 2.89. The SMILES string of the molecule is CN(Cc1ccc(F)c(F)c1)C(=O)C1CC1C(=O)O. The van der Waals surface area contributed by atoms with E-state index < -0.39 is 29.4 Å². The minimum absolute atomic E-state index is 0.124. The third-order valence-corrected chi connectivity index (χ3v) is 3.20. The van der Waals surface area contributed by atoms with Crippen LogP contribution >= 0.6 is 0 Å². The Hall–Kier alpha value is -1.98. The summed E-state index contributed by atoms with van der Waals surface area (Å²) in [5, 5.41) is 8.75. The van der Waals surface area contributed by atoms with Gasteiger partial charge in [0.05, 0.1) is 11.8 Å². The Balaban J connectivity index is 1.97. The molecule has 1 aromatic rings. The van der Waals surface area contributed by atoms with E-state index in [-0.39, 0.29) is 12.5 Å². The van der Waals surface area contributed by atoms with E-state index >= 15 is 0 Å². The first kappa shape index (κ1) is 13.5. The van der Waals surface area contributed by atoms with Crippen LogP contribution in [-0.2, 0) is 16.1 Å². The number of nitrogens with zero attached hydrogens (tertiary/aromatic N) is 1. The Morgan fingerprint density at radius 3 is 2.53 bits per heavy atom. The van der Waals surface area contributed by atoms with Gasteiger partial charge >= 0.3 is 5.97 Å². The Bertz CT molecular complexity index is 533. The minimum atomic E-state index is -0.973. The fourth-order valence-corrected chi connectivity index (χ4v) is 2.01. The van der Waals surface area contributed by atoms with Crippen LogP contribution in [-0.4, -0.2) is 28.9 Å². The summed E-state index contributed by atoms with van der Waals surface area (Å²) in [7, 11) is 1.51. The molecule has 0 aromatic heterocycles. The molecule has 102 valence electrons. The van der Waals surface area contributed by atoms with Crippen molar-refractivity contribution < 1.29 is 23.5 Å². The maximum atomic E-state index is 13.0. The van der Waals surface area contributed by atoms with Gasteiger partial charge < -0.3 is 10.0 Å². The van der Waals surface area contributed by atoms with Gasteiger partial charge in [0.25, 0.3) is 0 Å². The van der Waals surface area contributed by atoms with Gasteiger partial charge in [-0.25, -0.2) is 8.78 Å². The zero-order chi connectivity index (χ0) is 14.2. The largest absolute Gasteiger partial charge is 0.481 e. The summed E-state index contributed by atoms with van der Waals surface area (Å²) < 4.78 is 25.8. The molecule has 19 heavy (non-hydrogen) atoms. The van der Waals surface area contributed by atoms with E-state index in [0.29, 0.717) is 12.0 Å². The average molecular weight is 269 g/mol. The molecule has 2 unspecified atom stereocenters. The van der Waals surface area contributed by atoms with Gasteiger partial charge in [-0.1, -0.05) is 6.07 Å².